The van der Waals surface area contributed by atoms with E-state index in [4.69, 9.17) is 0 Å². The van der Waals surface area contributed by atoms with Crippen molar-refractivity contribution < 1.29 is 4.79 Å². The molecule has 2 aromatic carbocycles. The van der Waals surface area contributed by atoms with Crippen molar-refractivity contribution in [3.8, 4) is 11.4 Å². The summed E-state index contributed by atoms with van der Waals surface area (Å²) in [6.07, 6.45) is 11.3. The van der Waals surface area contributed by atoms with Crippen LogP contribution in [0.5, 0.6) is 0 Å². The summed E-state index contributed by atoms with van der Waals surface area (Å²) in [5.41, 5.74) is 5.08. The minimum Gasteiger partial charge on any atom is -0.348 e. The molecule has 1 fully saturated rings. The maximum atomic E-state index is 12.6. The lowest BCUT2D eigenvalue weighted by molar-refractivity contribution is -0.116. The standard InChI is InChI=1S/C25H25N4O/c30-19-29(22-8-4-5-9-22,21-6-2-1-3-7-21)23-12-10-20(11-13-23)16-28-15-14-24-25(17-28)27-18-26-24/h1-3,6-7,10-15,17-19,22H,4-5,8-9,16H2/q+1. The molecule has 1 saturated carbocycles. The lowest BCUT2D eigenvalue weighted by atomic mass is 10.1. The number of carbonyl (C=O) groups excluding carboxylic acids is 1. The predicted molar refractivity (Wildman–Crippen MR) is 118 cm³/mol. The van der Waals surface area contributed by atoms with E-state index in [2.05, 4.69) is 50.9 Å². The monoisotopic (exact) mass is 397 g/mol. The fraction of sp³-hybridized carbons (Fsp3) is 0.240. The topological polar surface area (TPSA) is 47.8 Å². The third-order valence-corrected chi connectivity index (χ3v) is 6.35. The Morgan fingerprint density at radius 3 is 2.33 bits per heavy atom. The normalized spacial score (nSPS) is 16.5. The summed E-state index contributed by atoms with van der Waals surface area (Å²) < 4.78 is 2.39. The number of imidazole rings is 1. The second-order valence-corrected chi connectivity index (χ2v) is 8.08. The SMILES string of the molecule is O=C[N+](c1ccccc1)(c1ccc(Cn2ccc3ncnc-3c2)cc1)C1CCCC1. The number of pyridine rings is 1. The van der Waals surface area contributed by atoms with Gasteiger partial charge in [-0.25, -0.2) is 14.8 Å². The van der Waals surface area contributed by atoms with Crippen LogP contribution in [0.1, 0.15) is 31.2 Å². The van der Waals surface area contributed by atoms with Crippen LogP contribution in [0, 0.1) is 0 Å². The van der Waals surface area contributed by atoms with E-state index >= 15 is 0 Å². The molecule has 0 aromatic heterocycles. The molecule has 2 heterocycles. The number of para-hydroxylation sites is 1. The first-order valence-electron chi connectivity index (χ1n) is 10.6. The van der Waals surface area contributed by atoms with Crippen LogP contribution in [0.3, 0.4) is 0 Å². The first-order chi connectivity index (χ1) is 14.8. The largest absolute Gasteiger partial charge is 0.348 e. The molecule has 0 bridgehead atoms. The Kier molecular flexibility index (Phi) is 4.89. The molecule has 5 rings (SSSR count). The molecule has 2 aliphatic heterocycles. The molecule has 0 saturated heterocycles. The van der Waals surface area contributed by atoms with E-state index in [9.17, 15) is 4.79 Å². The summed E-state index contributed by atoms with van der Waals surface area (Å²) in [5.74, 6) is 0. The van der Waals surface area contributed by atoms with E-state index in [0.717, 1.165) is 48.6 Å². The van der Waals surface area contributed by atoms with Gasteiger partial charge in [0.05, 0.1) is 5.69 Å². The van der Waals surface area contributed by atoms with E-state index in [0.29, 0.717) is 6.04 Å². The molecule has 5 heteroatoms. The summed E-state index contributed by atoms with van der Waals surface area (Å²) in [7, 11) is 0. The molecular weight excluding hydrogens is 372 g/mol. The van der Waals surface area contributed by atoms with E-state index in [1.165, 1.54) is 18.4 Å². The van der Waals surface area contributed by atoms with E-state index in [1.54, 1.807) is 6.33 Å². The van der Waals surface area contributed by atoms with Crippen LogP contribution < -0.4 is 4.48 Å². The lowest BCUT2D eigenvalue weighted by Gasteiger charge is -2.36. The first-order valence-corrected chi connectivity index (χ1v) is 10.6. The van der Waals surface area contributed by atoms with E-state index in [-0.39, 0.29) is 4.48 Å². The van der Waals surface area contributed by atoms with Crippen LogP contribution in [-0.4, -0.2) is 27.0 Å². The predicted octanol–water partition coefficient (Wildman–Crippen LogP) is 5.17. The van der Waals surface area contributed by atoms with Crippen LogP contribution >= 0.6 is 0 Å². The highest BCUT2D eigenvalue weighted by Crippen LogP contribution is 2.41. The number of hydrogen-bond acceptors (Lipinski definition) is 3. The molecule has 5 nitrogen and oxygen atoms in total. The van der Waals surface area contributed by atoms with Crippen LogP contribution in [-0.2, 0) is 11.3 Å². The Hall–Kier alpha value is -3.31. The van der Waals surface area contributed by atoms with Gasteiger partial charge in [0.15, 0.2) is 0 Å². The molecular formula is C25H25N4O+. The third-order valence-electron chi connectivity index (χ3n) is 6.35. The maximum Gasteiger partial charge on any atom is 0.311 e. The smallest absolute Gasteiger partial charge is 0.311 e. The van der Waals surface area contributed by atoms with Crippen molar-refractivity contribution in [1.29, 1.82) is 0 Å². The van der Waals surface area contributed by atoms with Gasteiger partial charge in [0, 0.05) is 56.0 Å². The van der Waals surface area contributed by atoms with Gasteiger partial charge in [-0.3, -0.25) is 0 Å². The van der Waals surface area contributed by atoms with Crippen LogP contribution in [0.2, 0.25) is 0 Å². The zero-order valence-electron chi connectivity index (χ0n) is 16.9. The summed E-state index contributed by atoms with van der Waals surface area (Å²) in [6, 6.07) is 21.0. The molecule has 1 unspecified atom stereocenters. The number of amides is 1. The summed E-state index contributed by atoms with van der Waals surface area (Å²) in [4.78, 5) is 21.1. The number of nitrogens with zero attached hydrogens (tertiary/aromatic N) is 4. The van der Waals surface area contributed by atoms with Gasteiger partial charge in [0.2, 0.25) is 0 Å². The van der Waals surface area contributed by atoms with Crippen molar-refractivity contribution in [3.63, 3.8) is 0 Å². The number of benzene rings is 2. The van der Waals surface area contributed by atoms with Gasteiger partial charge >= 0.3 is 6.41 Å². The Morgan fingerprint density at radius 2 is 1.60 bits per heavy atom. The second-order valence-electron chi connectivity index (χ2n) is 8.08. The molecule has 30 heavy (non-hydrogen) atoms. The van der Waals surface area contributed by atoms with Crippen molar-refractivity contribution in [2.75, 3.05) is 0 Å². The zero-order chi connectivity index (χ0) is 20.4. The van der Waals surface area contributed by atoms with Crippen LogP contribution in [0.25, 0.3) is 11.4 Å². The minimum absolute atomic E-state index is 0.281. The van der Waals surface area contributed by atoms with Gasteiger partial charge in [-0.05, 0) is 24.5 Å². The number of fused-ring (bicyclic) bond motifs is 1. The molecule has 0 N–H and O–H groups in total. The van der Waals surface area contributed by atoms with Crippen LogP contribution in [0.15, 0.2) is 79.4 Å². The molecule has 3 aliphatic rings. The number of hydrogen-bond donors (Lipinski definition) is 0. The number of quaternary nitrogens is 1. The molecule has 2 aromatic rings. The summed E-state index contributed by atoms with van der Waals surface area (Å²) in [6.45, 7) is 0.749. The van der Waals surface area contributed by atoms with Gasteiger partial charge < -0.3 is 4.57 Å². The average Bonchev–Trinajstić information content (AvgIpc) is 3.49. The molecule has 0 radical (unpaired) electrons. The molecule has 1 atom stereocenters. The fourth-order valence-electron chi connectivity index (χ4n) is 4.80. The zero-order valence-corrected chi connectivity index (χ0v) is 16.9. The lowest BCUT2D eigenvalue weighted by Crippen LogP contribution is -2.50. The average molecular weight is 398 g/mol. The highest BCUT2D eigenvalue weighted by Gasteiger charge is 2.43. The van der Waals surface area contributed by atoms with Gasteiger partial charge in [0.25, 0.3) is 0 Å². The number of carbonyl (C=O) groups is 1. The maximum absolute atomic E-state index is 12.6. The Labute approximate surface area is 176 Å². The Bertz CT molecular complexity index is 1100. The summed E-state index contributed by atoms with van der Waals surface area (Å²) in [5, 5.41) is 0. The highest BCUT2D eigenvalue weighted by molar-refractivity contribution is 5.81. The van der Waals surface area contributed by atoms with Gasteiger partial charge in [-0.1, -0.05) is 30.3 Å². The quantitative estimate of drug-likeness (QED) is 0.333. The van der Waals surface area contributed by atoms with Gasteiger partial charge in [-0.15, -0.1) is 0 Å². The minimum atomic E-state index is 0.281. The molecule has 1 amide bonds. The summed E-state index contributed by atoms with van der Waals surface area (Å²) >= 11 is 0. The molecule has 0 spiro atoms. The van der Waals surface area contributed by atoms with Gasteiger partial charge in [-0.2, -0.15) is 4.48 Å². The van der Waals surface area contributed by atoms with Crippen molar-refractivity contribution in [2.45, 2.75) is 38.3 Å². The Morgan fingerprint density at radius 1 is 0.900 bits per heavy atom. The van der Waals surface area contributed by atoms with Gasteiger partial charge in [0.1, 0.15) is 29.4 Å². The Balaban J connectivity index is 1.48. The first kappa shape index (κ1) is 18.7. The molecule has 150 valence electrons. The van der Waals surface area contributed by atoms with Crippen molar-refractivity contribution in [1.82, 2.24) is 19.0 Å². The van der Waals surface area contributed by atoms with Crippen molar-refractivity contribution >= 4 is 17.8 Å². The van der Waals surface area contributed by atoms with Crippen molar-refractivity contribution in [3.05, 3.63) is 84.9 Å². The van der Waals surface area contributed by atoms with E-state index < -0.39 is 0 Å². The van der Waals surface area contributed by atoms with Crippen molar-refractivity contribution in [2.24, 2.45) is 0 Å². The third kappa shape index (κ3) is 3.21. The van der Waals surface area contributed by atoms with E-state index in [1.807, 2.05) is 36.7 Å². The van der Waals surface area contributed by atoms with Crippen LogP contribution in [0.4, 0.5) is 11.4 Å². The number of aromatic nitrogens is 3. The highest BCUT2D eigenvalue weighted by atomic mass is 16.1. The number of rotatable bonds is 6. The fourth-order valence-corrected chi connectivity index (χ4v) is 4.80. The molecule has 1 aliphatic carbocycles. The second kappa shape index (κ2) is 7.84.